The molecule has 28 heavy (non-hydrogen) atoms. The molecule has 0 saturated carbocycles. The van der Waals surface area contributed by atoms with Gasteiger partial charge in [0.2, 0.25) is 11.8 Å². The zero-order chi connectivity index (χ0) is 19.9. The lowest BCUT2D eigenvalue weighted by Crippen LogP contribution is -2.34. The van der Waals surface area contributed by atoms with Crippen molar-refractivity contribution in [1.82, 2.24) is 4.90 Å². The van der Waals surface area contributed by atoms with Gasteiger partial charge in [0.1, 0.15) is 0 Å². The van der Waals surface area contributed by atoms with Crippen molar-refractivity contribution in [3.63, 3.8) is 0 Å². The number of piperidine rings is 1. The number of anilines is 1. The lowest BCUT2D eigenvalue weighted by molar-refractivity contribution is -0.133. The maximum atomic E-state index is 12.2. The predicted molar refractivity (Wildman–Crippen MR) is 106 cm³/mol. The maximum Gasteiger partial charge on any atom is 0.335 e. The SMILES string of the molecule is O=C(CCc1ccc(C(=O)O)cc1)Nc1cccc(CN2CCCCC2=O)c1. The van der Waals surface area contributed by atoms with Crippen LogP contribution < -0.4 is 5.32 Å². The van der Waals surface area contributed by atoms with Gasteiger partial charge in [-0.1, -0.05) is 24.3 Å². The number of benzene rings is 2. The number of carboxylic acid groups (broad SMARTS) is 1. The minimum atomic E-state index is -0.963. The van der Waals surface area contributed by atoms with Crippen LogP contribution in [-0.2, 0) is 22.6 Å². The van der Waals surface area contributed by atoms with Crippen molar-refractivity contribution in [2.75, 3.05) is 11.9 Å². The van der Waals surface area contributed by atoms with Crippen LogP contribution in [0, 0.1) is 0 Å². The number of nitrogens with zero attached hydrogens (tertiary/aromatic N) is 1. The fraction of sp³-hybridized carbons (Fsp3) is 0.318. The second kappa shape index (κ2) is 9.17. The topological polar surface area (TPSA) is 86.7 Å². The molecule has 1 fully saturated rings. The molecule has 0 spiro atoms. The zero-order valence-electron chi connectivity index (χ0n) is 15.7. The Morgan fingerprint density at radius 3 is 2.54 bits per heavy atom. The van der Waals surface area contributed by atoms with Gasteiger partial charge in [-0.2, -0.15) is 0 Å². The summed E-state index contributed by atoms with van der Waals surface area (Å²) in [7, 11) is 0. The third-order valence-corrected chi connectivity index (χ3v) is 4.85. The van der Waals surface area contributed by atoms with E-state index in [1.165, 1.54) is 0 Å². The summed E-state index contributed by atoms with van der Waals surface area (Å²) in [5, 5.41) is 11.8. The van der Waals surface area contributed by atoms with Crippen molar-refractivity contribution in [2.45, 2.75) is 38.6 Å². The molecule has 6 heteroatoms. The quantitative estimate of drug-likeness (QED) is 0.770. The number of nitrogens with one attached hydrogen (secondary N) is 1. The third-order valence-electron chi connectivity index (χ3n) is 4.85. The molecule has 146 valence electrons. The standard InChI is InChI=1S/C22H24N2O4/c25-20(12-9-16-7-10-18(11-8-16)22(27)28)23-19-5-3-4-17(14-19)15-24-13-2-1-6-21(24)26/h3-5,7-8,10-11,14H,1-2,6,9,12-13,15H2,(H,23,25)(H,27,28). The second-order valence-electron chi connectivity index (χ2n) is 7.02. The Kier molecular flexibility index (Phi) is 6.42. The van der Waals surface area contributed by atoms with Gasteiger partial charge in [0, 0.05) is 31.6 Å². The molecule has 0 aliphatic carbocycles. The van der Waals surface area contributed by atoms with Crippen LogP contribution in [0.25, 0.3) is 0 Å². The summed E-state index contributed by atoms with van der Waals surface area (Å²) in [5.41, 5.74) is 2.86. The average Bonchev–Trinajstić information content (AvgIpc) is 2.69. The molecule has 2 amide bonds. The Morgan fingerprint density at radius 2 is 1.82 bits per heavy atom. The molecule has 0 aromatic heterocycles. The van der Waals surface area contributed by atoms with Crippen molar-refractivity contribution in [3.8, 4) is 0 Å². The average molecular weight is 380 g/mol. The monoisotopic (exact) mass is 380 g/mol. The lowest BCUT2D eigenvalue weighted by atomic mass is 10.1. The molecule has 0 radical (unpaired) electrons. The Labute approximate surface area is 164 Å². The van der Waals surface area contributed by atoms with Crippen LogP contribution >= 0.6 is 0 Å². The van der Waals surface area contributed by atoms with Gasteiger partial charge in [0.05, 0.1) is 5.56 Å². The first-order valence-electron chi connectivity index (χ1n) is 9.50. The molecule has 1 aliphatic rings. The van der Waals surface area contributed by atoms with Gasteiger partial charge < -0.3 is 15.3 Å². The number of carbonyl (C=O) groups is 3. The van der Waals surface area contributed by atoms with Crippen LogP contribution in [0.5, 0.6) is 0 Å². The second-order valence-corrected chi connectivity index (χ2v) is 7.02. The van der Waals surface area contributed by atoms with Gasteiger partial charge in [0.25, 0.3) is 0 Å². The van der Waals surface area contributed by atoms with E-state index in [0.29, 0.717) is 31.5 Å². The molecule has 1 heterocycles. The summed E-state index contributed by atoms with van der Waals surface area (Å²) in [4.78, 5) is 36.9. The number of carboxylic acids is 1. The maximum absolute atomic E-state index is 12.2. The van der Waals surface area contributed by atoms with E-state index in [2.05, 4.69) is 5.32 Å². The van der Waals surface area contributed by atoms with E-state index in [-0.39, 0.29) is 17.4 Å². The van der Waals surface area contributed by atoms with Crippen molar-refractivity contribution >= 4 is 23.5 Å². The lowest BCUT2D eigenvalue weighted by Gasteiger charge is -2.26. The molecular weight excluding hydrogens is 356 g/mol. The predicted octanol–water partition coefficient (Wildman–Crippen LogP) is 3.47. The first-order valence-corrected chi connectivity index (χ1v) is 9.50. The van der Waals surface area contributed by atoms with E-state index in [9.17, 15) is 14.4 Å². The molecule has 6 nitrogen and oxygen atoms in total. The molecule has 3 rings (SSSR count). The van der Waals surface area contributed by atoms with Gasteiger partial charge >= 0.3 is 5.97 Å². The van der Waals surface area contributed by atoms with Crippen LogP contribution in [0.1, 0.15) is 47.2 Å². The number of aromatic carboxylic acids is 1. The van der Waals surface area contributed by atoms with Gasteiger partial charge in [-0.25, -0.2) is 4.79 Å². The van der Waals surface area contributed by atoms with Crippen LogP contribution in [0.4, 0.5) is 5.69 Å². The van der Waals surface area contributed by atoms with Crippen LogP contribution in [-0.4, -0.2) is 34.3 Å². The van der Waals surface area contributed by atoms with E-state index in [0.717, 1.165) is 30.5 Å². The molecule has 0 atom stereocenters. The van der Waals surface area contributed by atoms with E-state index >= 15 is 0 Å². The first kappa shape index (κ1) is 19.6. The van der Waals surface area contributed by atoms with E-state index in [1.54, 1.807) is 24.3 Å². The van der Waals surface area contributed by atoms with Crippen LogP contribution in [0.2, 0.25) is 0 Å². The largest absolute Gasteiger partial charge is 0.478 e. The van der Waals surface area contributed by atoms with Crippen molar-refractivity contribution in [3.05, 3.63) is 65.2 Å². The Balaban J connectivity index is 1.52. The molecule has 2 aromatic rings. The van der Waals surface area contributed by atoms with Gasteiger partial charge in [-0.05, 0) is 54.7 Å². The highest BCUT2D eigenvalue weighted by Crippen LogP contribution is 2.17. The highest BCUT2D eigenvalue weighted by Gasteiger charge is 2.18. The minimum Gasteiger partial charge on any atom is -0.478 e. The molecule has 2 aromatic carbocycles. The number of hydrogen-bond donors (Lipinski definition) is 2. The summed E-state index contributed by atoms with van der Waals surface area (Å²) in [6, 6.07) is 14.1. The summed E-state index contributed by atoms with van der Waals surface area (Å²) >= 11 is 0. The number of carbonyl (C=O) groups excluding carboxylic acids is 2. The van der Waals surface area contributed by atoms with Crippen molar-refractivity contribution in [1.29, 1.82) is 0 Å². The Morgan fingerprint density at radius 1 is 1.04 bits per heavy atom. The van der Waals surface area contributed by atoms with Gasteiger partial charge in [-0.3, -0.25) is 9.59 Å². The van der Waals surface area contributed by atoms with Gasteiger partial charge in [-0.15, -0.1) is 0 Å². The van der Waals surface area contributed by atoms with Crippen LogP contribution in [0.15, 0.2) is 48.5 Å². The fourth-order valence-corrected chi connectivity index (χ4v) is 3.29. The normalized spacial score (nSPS) is 14.0. The van der Waals surface area contributed by atoms with E-state index in [1.807, 2.05) is 29.2 Å². The summed E-state index contributed by atoms with van der Waals surface area (Å²) in [6.45, 7) is 1.36. The molecule has 2 N–H and O–H groups in total. The molecule has 0 unspecified atom stereocenters. The first-order chi connectivity index (χ1) is 13.5. The molecular formula is C22H24N2O4. The van der Waals surface area contributed by atoms with Gasteiger partial charge in [0.15, 0.2) is 0 Å². The number of aryl methyl sites for hydroxylation is 1. The number of amides is 2. The summed E-state index contributed by atoms with van der Waals surface area (Å²) in [5.74, 6) is -0.876. The Hall–Kier alpha value is -3.15. The number of rotatable bonds is 7. The fourth-order valence-electron chi connectivity index (χ4n) is 3.29. The third kappa shape index (κ3) is 5.42. The highest BCUT2D eigenvalue weighted by molar-refractivity contribution is 5.91. The molecule has 1 saturated heterocycles. The van der Waals surface area contributed by atoms with Crippen LogP contribution in [0.3, 0.4) is 0 Å². The molecule has 0 bridgehead atoms. The molecule has 1 aliphatic heterocycles. The highest BCUT2D eigenvalue weighted by atomic mass is 16.4. The van der Waals surface area contributed by atoms with E-state index in [4.69, 9.17) is 5.11 Å². The Bertz CT molecular complexity index is 861. The van der Waals surface area contributed by atoms with E-state index < -0.39 is 5.97 Å². The zero-order valence-corrected chi connectivity index (χ0v) is 15.7. The van der Waals surface area contributed by atoms with Crippen molar-refractivity contribution in [2.24, 2.45) is 0 Å². The number of likely N-dealkylation sites (tertiary alicyclic amines) is 1. The summed E-state index contributed by atoms with van der Waals surface area (Å²) in [6.07, 6.45) is 3.46. The minimum absolute atomic E-state index is 0.103. The summed E-state index contributed by atoms with van der Waals surface area (Å²) < 4.78 is 0. The smallest absolute Gasteiger partial charge is 0.335 e. The van der Waals surface area contributed by atoms with Crippen molar-refractivity contribution < 1.29 is 19.5 Å². The number of hydrogen-bond acceptors (Lipinski definition) is 3.